The Kier molecular flexibility index (Phi) is 5.76. The molecule has 0 amide bonds. The largest absolute Gasteiger partial charge is 0.391 e. The van der Waals surface area contributed by atoms with Crippen molar-refractivity contribution in [3.63, 3.8) is 0 Å². The van der Waals surface area contributed by atoms with Crippen molar-refractivity contribution in [1.82, 2.24) is 0 Å². The van der Waals surface area contributed by atoms with E-state index in [0.29, 0.717) is 5.02 Å². The first-order valence-electron chi connectivity index (χ1n) is 5.44. The predicted molar refractivity (Wildman–Crippen MR) is 71.6 cm³/mol. The van der Waals surface area contributed by atoms with Crippen LogP contribution in [0.2, 0.25) is 5.02 Å². The average molecular weight is 307 g/mol. The van der Waals surface area contributed by atoms with Gasteiger partial charge in [0.2, 0.25) is 0 Å². The van der Waals surface area contributed by atoms with Crippen molar-refractivity contribution in [1.29, 1.82) is 0 Å². The van der Waals surface area contributed by atoms with Gasteiger partial charge in [-0.25, -0.2) is 0 Å². The molecule has 0 spiro atoms. The maximum absolute atomic E-state index is 9.93. The van der Waals surface area contributed by atoms with Gasteiger partial charge in [0.1, 0.15) is 0 Å². The summed E-state index contributed by atoms with van der Waals surface area (Å²) in [5.74, 6) is 0. The number of aliphatic hydroxyl groups excluding tert-OH is 1. The van der Waals surface area contributed by atoms with Crippen LogP contribution in [0.15, 0.2) is 22.7 Å². The molecular weight excluding hydrogens is 289 g/mol. The van der Waals surface area contributed by atoms with Crippen molar-refractivity contribution >= 4 is 27.5 Å². The van der Waals surface area contributed by atoms with Crippen molar-refractivity contribution in [2.24, 2.45) is 5.73 Å². The smallest absolute Gasteiger partial charge is 0.0733 e. The van der Waals surface area contributed by atoms with Crippen LogP contribution in [-0.2, 0) is 0 Å². The lowest BCUT2D eigenvalue weighted by Gasteiger charge is -2.20. The SMILES string of the molecule is CCCC[C@@H](O)[C@@H](N)c1cc(Cl)ccc1Br. The maximum Gasteiger partial charge on any atom is 0.0733 e. The third-order valence-corrected chi connectivity index (χ3v) is 3.54. The molecule has 0 heterocycles. The van der Waals surface area contributed by atoms with E-state index >= 15 is 0 Å². The second kappa shape index (κ2) is 6.60. The normalized spacial score (nSPS) is 14.8. The molecule has 0 aliphatic rings. The van der Waals surface area contributed by atoms with Gasteiger partial charge in [0.15, 0.2) is 0 Å². The number of rotatable bonds is 5. The van der Waals surface area contributed by atoms with Gasteiger partial charge in [0, 0.05) is 9.50 Å². The Labute approximate surface area is 110 Å². The third kappa shape index (κ3) is 3.74. The van der Waals surface area contributed by atoms with Crippen LogP contribution < -0.4 is 5.73 Å². The third-order valence-electron chi connectivity index (χ3n) is 2.59. The van der Waals surface area contributed by atoms with Crippen LogP contribution in [0, 0.1) is 0 Å². The summed E-state index contributed by atoms with van der Waals surface area (Å²) in [6, 6.07) is 5.05. The van der Waals surface area contributed by atoms with E-state index < -0.39 is 6.10 Å². The molecule has 0 saturated carbocycles. The van der Waals surface area contributed by atoms with Crippen molar-refractivity contribution < 1.29 is 5.11 Å². The molecule has 0 radical (unpaired) electrons. The molecule has 16 heavy (non-hydrogen) atoms. The molecule has 2 atom stereocenters. The van der Waals surface area contributed by atoms with E-state index in [1.165, 1.54) is 0 Å². The Balaban J connectivity index is 2.78. The molecule has 0 bridgehead atoms. The van der Waals surface area contributed by atoms with Gasteiger partial charge in [-0.15, -0.1) is 0 Å². The lowest BCUT2D eigenvalue weighted by atomic mass is 9.98. The molecule has 1 rings (SSSR count). The monoisotopic (exact) mass is 305 g/mol. The minimum absolute atomic E-state index is 0.389. The minimum atomic E-state index is -0.519. The van der Waals surface area contributed by atoms with Gasteiger partial charge in [-0.05, 0) is 30.2 Å². The van der Waals surface area contributed by atoms with Crippen LogP contribution in [0.1, 0.15) is 37.8 Å². The lowest BCUT2D eigenvalue weighted by molar-refractivity contribution is 0.132. The number of nitrogens with two attached hydrogens (primary N) is 1. The van der Waals surface area contributed by atoms with Gasteiger partial charge in [-0.1, -0.05) is 47.3 Å². The van der Waals surface area contributed by atoms with Crippen molar-refractivity contribution in [3.05, 3.63) is 33.3 Å². The van der Waals surface area contributed by atoms with E-state index in [1.54, 1.807) is 12.1 Å². The van der Waals surface area contributed by atoms with Crippen LogP contribution in [0.4, 0.5) is 0 Å². The van der Waals surface area contributed by atoms with E-state index in [9.17, 15) is 5.11 Å². The van der Waals surface area contributed by atoms with E-state index in [0.717, 1.165) is 29.3 Å². The molecule has 0 unspecified atom stereocenters. The lowest BCUT2D eigenvalue weighted by Crippen LogP contribution is -2.26. The topological polar surface area (TPSA) is 46.2 Å². The fraction of sp³-hybridized carbons (Fsp3) is 0.500. The Hall–Kier alpha value is -0.0900. The maximum atomic E-state index is 9.93. The Bertz CT molecular complexity index is 346. The fourth-order valence-electron chi connectivity index (χ4n) is 1.57. The number of hydrogen-bond donors (Lipinski definition) is 2. The second-order valence-corrected chi connectivity index (χ2v) is 5.19. The zero-order chi connectivity index (χ0) is 12.1. The Morgan fingerprint density at radius 1 is 1.50 bits per heavy atom. The van der Waals surface area contributed by atoms with Crippen molar-refractivity contribution in [2.75, 3.05) is 0 Å². The molecule has 2 nitrogen and oxygen atoms in total. The molecule has 0 aromatic heterocycles. The second-order valence-electron chi connectivity index (χ2n) is 3.90. The zero-order valence-electron chi connectivity index (χ0n) is 9.29. The quantitative estimate of drug-likeness (QED) is 0.872. The van der Waals surface area contributed by atoms with Gasteiger partial charge < -0.3 is 10.8 Å². The molecule has 0 aliphatic heterocycles. The number of hydrogen-bond acceptors (Lipinski definition) is 2. The summed E-state index contributed by atoms with van der Waals surface area (Å²) in [6.45, 7) is 2.09. The highest BCUT2D eigenvalue weighted by Gasteiger charge is 2.18. The number of halogens is 2. The summed E-state index contributed by atoms with van der Waals surface area (Å²) in [5.41, 5.74) is 6.87. The molecule has 1 aromatic rings. The molecule has 0 fully saturated rings. The van der Waals surface area contributed by atoms with Crippen LogP contribution in [-0.4, -0.2) is 11.2 Å². The van der Waals surface area contributed by atoms with E-state index in [1.807, 2.05) is 6.07 Å². The van der Waals surface area contributed by atoms with Crippen LogP contribution in [0.25, 0.3) is 0 Å². The first kappa shape index (κ1) is 14.0. The van der Waals surface area contributed by atoms with Crippen LogP contribution >= 0.6 is 27.5 Å². The van der Waals surface area contributed by atoms with Crippen LogP contribution in [0.3, 0.4) is 0 Å². The number of unbranched alkanes of at least 4 members (excludes halogenated alkanes) is 1. The average Bonchev–Trinajstić information content (AvgIpc) is 2.28. The van der Waals surface area contributed by atoms with E-state index in [4.69, 9.17) is 17.3 Å². The van der Waals surface area contributed by atoms with Crippen molar-refractivity contribution in [2.45, 2.75) is 38.3 Å². The summed E-state index contributed by atoms with van der Waals surface area (Å²) in [7, 11) is 0. The first-order valence-corrected chi connectivity index (χ1v) is 6.62. The fourth-order valence-corrected chi connectivity index (χ4v) is 2.26. The Morgan fingerprint density at radius 3 is 2.81 bits per heavy atom. The molecule has 0 aliphatic carbocycles. The summed E-state index contributed by atoms with van der Waals surface area (Å²) >= 11 is 9.33. The highest BCUT2D eigenvalue weighted by molar-refractivity contribution is 9.10. The van der Waals surface area contributed by atoms with Gasteiger partial charge in [-0.2, -0.15) is 0 Å². The predicted octanol–water partition coefficient (Wildman–Crippen LogP) is 3.65. The zero-order valence-corrected chi connectivity index (χ0v) is 11.6. The first-order chi connectivity index (χ1) is 7.56. The number of benzene rings is 1. The molecule has 90 valence electrons. The summed E-state index contributed by atoms with van der Waals surface area (Å²) in [6.07, 6.45) is 2.24. The van der Waals surface area contributed by atoms with Gasteiger partial charge in [0.25, 0.3) is 0 Å². The summed E-state index contributed by atoms with van der Waals surface area (Å²) in [5, 5.41) is 10.6. The molecule has 3 N–H and O–H groups in total. The molecule has 4 heteroatoms. The van der Waals surface area contributed by atoms with Gasteiger partial charge in [-0.3, -0.25) is 0 Å². The summed E-state index contributed by atoms with van der Waals surface area (Å²) < 4.78 is 0.889. The standard InChI is InChI=1S/C12H17BrClNO/c1-2-3-4-11(16)12(15)9-7-8(14)5-6-10(9)13/h5-7,11-12,16H,2-4,15H2,1H3/t11-,12+/m1/s1. The van der Waals surface area contributed by atoms with Crippen LogP contribution in [0.5, 0.6) is 0 Å². The summed E-state index contributed by atoms with van der Waals surface area (Å²) in [4.78, 5) is 0. The van der Waals surface area contributed by atoms with Crippen molar-refractivity contribution in [3.8, 4) is 0 Å². The minimum Gasteiger partial charge on any atom is -0.391 e. The molecule has 0 saturated heterocycles. The van der Waals surface area contributed by atoms with Gasteiger partial charge >= 0.3 is 0 Å². The number of aliphatic hydroxyl groups is 1. The highest BCUT2D eigenvalue weighted by atomic mass is 79.9. The highest BCUT2D eigenvalue weighted by Crippen LogP contribution is 2.28. The van der Waals surface area contributed by atoms with Gasteiger partial charge in [0.05, 0.1) is 12.1 Å². The Morgan fingerprint density at radius 2 is 2.19 bits per heavy atom. The molecular formula is C12H17BrClNO. The molecule has 1 aromatic carbocycles. The van der Waals surface area contributed by atoms with E-state index in [-0.39, 0.29) is 6.04 Å². The van der Waals surface area contributed by atoms with E-state index in [2.05, 4.69) is 22.9 Å².